The first-order chi connectivity index (χ1) is 15.2. The summed E-state index contributed by atoms with van der Waals surface area (Å²) < 4.78 is 30.8. The molecular formula is C23H23FN4O3. The van der Waals surface area contributed by atoms with E-state index in [1.807, 2.05) is 24.4 Å². The van der Waals surface area contributed by atoms with Gasteiger partial charge < -0.3 is 24.4 Å². The van der Waals surface area contributed by atoms with Crippen molar-refractivity contribution in [2.24, 2.45) is 0 Å². The average Bonchev–Trinajstić information content (AvgIpc) is 3.30. The van der Waals surface area contributed by atoms with Crippen LogP contribution in [0.4, 0.5) is 21.6 Å². The van der Waals surface area contributed by atoms with E-state index >= 15 is 0 Å². The number of hydrogen-bond donors (Lipinski definition) is 1. The molecule has 3 aromatic rings. The zero-order valence-corrected chi connectivity index (χ0v) is 17.2. The SMILES string of the molecule is COc1ccc(-c2cnc(Nc3cc(F)cc(N4CCOCC4)c3)c3c2CCO3)cn1. The van der Waals surface area contributed by atoms with Gasteiger partial charge in [-0.2, -0.15) is 0 Å². The zero-order chi connectivity index (χ0) is 21.2. The van der Waals surface area contributed by atoms with Crippen LogP contribution in [0.25, 0.3) is 11.1 Å². The van der Waals surface area contributed by atoms with E-state index in [0.717, 1.165) is 41.9 Å². The van der Waals surface area contributed by atoms with Crippen molar-refractivity contribution in [3.05, 3.63) is 54.1 Å². The number of nitrogens with one attached hydrogen (secondary N) is 1. The molecule has 5 rings (SSSR count). The summed E-state index contributed by atoms with van der Waals surface area (Å²) in [6.45, 7) is 3.34. The summed E-state index contributed by atoms with van der Waals surface area (Å²) in [6.07, 6.45) is 4.35. The molecule has 160 valence electrons. The molecule has 0 saturated carbocycles. The average molecular weight is 422 g/mol. The maximum Gasteiger partial charge on any atom is 0.212 e. The number of aromatic nitrogens is 2. The minimum absolute atomic E-state index is 0.301. The van der Waals surface area contributed by atoms with Crippen molar-refractivity contribution >= 4 is 17.2 Å². The van der Waals surface area contributed by atoms with Crippen LogP contribution in [0.3, 0.4) is 0 Å². The van der Waals surface area contributed by atoms with E-state index in [-0.39, 0.29) is 5.82 Å². The molecule has 0 atom stereocenters. The second-order valence-electron chi connectivity index (χ2n) is 7.44. The first kappa shape index (κ1) is 19.6. The number of hydrogen-bond acceptors (Lipinski definition) is 7. The summed E-state index contributed by atoms with van der Waals surface area (Å²) in [5.74, 6) is 1.54. The fourth-order valence-electron chi connectivity index (χ4n) is 3.98. The van der Waals surface area contributed by atoms with Crippen LogP contribution in [0.15, 0.2) is 42.7 Å². The molecule has 1 saturated heterocycles. The Kier molecular flexibility index (Phi) is 5.30. The topological polar surface area (TPSA) is 68.7 Å². The fourth-order valence-corrected chi connectivity index (χ4v) is 3.98. The number of nitrogens with zero attached hydrogens (tertiary/aromatic N) is 3. The molecule has 2 aliphatic rings. The maximum atomic E-state index is 14.3. The molecule has 0 unspecified atom stereocenters. The predicted octanol–water partition coefficient (Wildman–Crippen LogP) is 3.81. The quantitative estimate of drug-likeness (QED) is 0.671. The largest absolute Gasteiger partial charge is 0.489 e. The van der Waals surface area contributed by atoms with E-state index in [0.29, 0.717) is 43.0 Å². The number of fused-ring (bicyclic) bond motifs is 1. The van der Waals surface area contributed by atoms with E-state index in [1.54, 1.807) is 19.4 Å². The van der Waals surface area contributed by atoms with Crippen LogP contribution < -0.4 is 19.7 Å². The van der Waals surface area contributed by atoms with Gasteiger partial charge in [-0.3, -0.25) is 0 Å². The van der Waals surface area contributed by atoms with Crippen molar-refractivity contribution < 1.29 is 18.6 Å². The smallest absolute Gasteiger partial charge is 0.212 e. The van der Waals surface area contributed by atoms with Crippen LogP contribution in [-0.2, 0) is 11.2 Å². The van der Waals surface area contributed by atoms with Crippen LogP contribution >= 0.6 is 0 Å². The Morgan fingerprint density at radius 2 is 1.94 bits per heavy atom. The van der Waals surface area contributed by atoms with Gasteiger partial charge in [-0.1, -0.05) is 0 Å². The van der Waals surface area contributed by atoms with Crippen LogP contribution in [0.5, 0.6) is 11.6 Å². The lowest BCUT2D eigenvalue weighted by atomic mass is 10.0. The third kappa shape index (κ3) is 3.98. The van der Waals surface area contributed by atoms with Gasteiger partial charge in [-0.05, 0) is 24.3 Å². The van der Waals surface area contributed by atoms with E-state index < -0.39 is 0 Å². The molecule has 2 aromatic heterocycles. The summed E-state index contributed by atoms with van der Waals surface area (Å²) in [6, 6.07) is 8.72. The number of anilines is 3. The third-order valence-electron chi connectivity index (χ3n) is 5.51. The Bertz CT molecular complexity index is 1080. The van der Waals surface area contributed by atoms with Gasteiger partial charge in [0.05, 0.1) is 26.9 Å². The first-order valence-corrected chi connectivity index (χ1v) is 10.3. The number of benzene rings is 1. The molecule has 0 aliphatic carbocycles. The number of morpholine rings is 1. The molecule has 4 heterocycles. The Morgan fingerprint density at radius 3 is 2.71 bits per heavy atom. The standard InChI is InChI=1S/C23H23FN4O3/c1-29-21-3-2-15(13-25-21)20-14-26-23(22-19(20)4-7-31-22)27-17-10-16(24)11-18(12-17)28-5-8-30-9-6-28/h2-3,10-14H,4-9H2,1H3,(H,26,27). The highest BCUT2D eigenvalue weighted by atomic mass is 19.1. The Morgan fingerprint density at radius 1 is 1.06 bits per heavy atom. The molecule has 1 fully saturated rings. The van der Waals surface area contributed by atoms with E-state index in [1.165, 1.54) is 6.07 Å². The van der Waals surface area contributed by atoms with Gasteiger partial charge in [0.2, 0.25) is 5.88 Å². The predicted molar refractivity (Wildman–Crippen MR) is 116 cm³/mol. The lowest BCUT2D eigenvalue weighted by molar-refractivity contribution is 0.122. The molecule has 8 heteroatoms. The molecular weight excluding hydrogens is 399 g/mol. The molecule has 31 heavy (non-hydrogen) atoms. The highest BCUT2D eigenvalue weighted by Gasteiger charge is 2.23. The first-order valence-electron chi connectivity index (χ1n) is 10.3. The molecule has 1 aromatic carbocycles. The van der Waals surface area contributed by atoms with Gasteiger partial charge in [0, 0.05) is 66.0 Å². The van der Waals surface area contributed by atoms with Crippen molar-refractivity contribution in [3.8, 4) is 22.8 Å². The Hall–Kier alpha value is -3.39. The zero-order valence-electron chi connectivity index (χ0n) is 17.2. The van der Waals surface area contributed by atoms with Gasteiger partial charge in [0.25, 0.3) is 0 Å². The van der Waals surface area contributed by atoms with Gasteiger partial charge in [-0.25, -0.2) is 14.4 Å². The molecule has 2 aliphatic heterocycles. The lowest BCUT2D eigenvalue weighted by Crippen LogP contribution is -2.36. The molecule has 7 nitrogen and oxygen atoms in total. The minimum atomic E-state index is -0.301. The van der Waals surface area contributed by atoms with Gasteiger partial charge >= 0.3 is 0 Å². The van der Waals surface area contributed by atoms with Crippen molar-refractivity contribution in [1.82, 2.24) is 9.97 Å². The molecule has 0 bridgehead atoms. The van der Waals surface area contributed by atoms with Crippen molar-refractivity contribution in [3.63, 3.8) is 0 Å². The van der Waals surface area contributed by atoms with Gasteiger partial charge in [0.15, 0.2) is 11.6 Å². The van der Waals surface area contributed by atoms with Crippen LogP contribution in [0.2, 0.25) is 0 Å². The number of methoxy groups -OCH3 is 1. The van der Waals surface area contributed by atoms with Crippen LogP contribution in [0.1, 0.15) is 5.56 Å². The normalized spacial score (nSPS) is 15.4. The second-order valence-corrected chi connectivity index (χ2v) is 7.44. The molecule has 0 spiro atoms. The van der Waals surface area contributed by atoms with Gasteiger partial charge in [0.1, 0.15) is 5.82 Å². The summed E-state index contributed by atoms with van der Waals surface area (Å²) in [5.41, 5.74) is 4.44. The summed E-state index contributed by atoms with van der Waals surface area (Å²) >= 11 is 0. The summed E-state index contributed by atoms with van der Waals surface area (Å²) in [5, 5.41) is 3.25. The highest BCUT2D eigenvalue weighted by Crippen LogP contribution is 2.40. The van der Waals surface area contributed by atoms with Crippen LogP contribution in [-0.4, -0.2) is 50.0 Å². The summed E-state index contributed by atoms with van der Waals surface area (Å²) in [4.78, 5) is 11.0. The van der Waals surface area contributed by atoms with E-state index in [4.69, 9.17) is 14.2 Å². The van der Waals surface area contributed by atoms with E-state index in [9.17, 15) is 4.39 Å². The van der Waals surface area contributed by atoms with Crippen molar-refractivity contribution in [2.45, 2.75) is 6.42 Å². The van der Waals surface area contributed by atoms with Crippen molar-refractivity contribution in [1.29, 1.82) is 0 Å². The molecule has 0 amide bonds. The minimum Gasteiger partial charge on any atom is -0.489 e. The number of ether oxygens (including phenoxy) is 3. The molecule has 0 radical (unpaired) electrons. The second kappa shape index (κ2) is 8.39. The van der Waals surface area contributed by atoms with Crippen molar-refractivity contribution in [2.75, 3.05) is 50.2 Å². The van der Waals surface area contributed by atoms with E-state index in [2.05, 4.69) is 20.2 Å². The van der Waals surface area contributed by atoms with Gasteiger partial charge in [-0.15, -0.1) is 0 Å². The number of pyridine rings is 2. The Balaban J connectivity index is 1.45. The molecule has 1 N–H and O–H groups in total. The Labute approximate surface area is 179 Å². The number of rotatable bonds is 5. The van der Waals surface area contributed by atoms with Crippen LogP contribution in [0, 0.1) is 5.82 Å². The number of halogens is 1. The summed E-state index contributed by atoms with van der Waals surface area (Å²) in [7, 11) is 1.59. The lowest BCUT2D eigenvalue weighted by Gasteiger charge is -2.29. The monoisotopic (exact) mass is 422 g/mol. The third-order valence-corrected chi connectivity index (χ3v) is 5.51. The highest BCUT2D eigenvalue weighted by molar-refractivity contribution is 5.76. The fraction of sp³-hybridized carbons (Fsp3) is 0.304. The maximum absolute atomic E-state index is 14.3.